The molecule has 4 aromatic rings. The lowest BCUT2D eigenvalue weighted by Gasteiger charge is -2.21. The smallest absolute Gasteiger partial charge is 0.320 e. The van der Waals surface area contributed by atoms with Crippen molar-refractivity contribution in [3.8, 4) is 11.3 Å². The highest BCUT2D eigenvalue weighted by Crippen LogP contribution is 2.30. The zero-order valence-corrected chi connectivity index (χ0v) is 19.5. The van der Waals surface area contributed by atoms with Gasteiger partial charge in [-0.15, -0.1) is 0 Å². The number of urea groups is 1. The van der Waals surface area contributed by atoms with Crippen molar-refractivity contribution < 1.29 is 13.9 Å². The molecule has 0 spiro atoms. The van der Waals surface area contributed by atoms with E-state index in [-0.39, 0.29) is 18.0 Å². The van der Waals surface area contributed by atoms with Gasteiger partial charge in [-0.3, -0.25) is 14.6 Å². The van der Waals surface area contributed by atoms with Crippen LogP contribution in [0.25, 0.3) is 16.9 Å². The van der Waals surface area contributed by atoms with Crippen LogP contribution >= 0.6 is 0 Å². The molecule has 1 saturated heterocycles. The summed E-state index contributed by atoms with van der Waals surface area (Å²) in [6.45, 7) is 2.97. The van der Waals surface area contributed by atoms with Crippen LogP contribution in [0, 0.1) is 5.82 Å². The number of hydrogen-bond acceptors (Lipinski definition) is 4. The van der Waals surface area contributed by atoms with Gasteiger partial charge >= 0.3 is 6.03 Å². The lowest BCUT2D eigenvalue weighted by atomic mass is 9.94. The van der Waals surface area contributed by atoms with Gasteiger partial charge in [0, 0.05) is 44.4 Å². The third-order valence-corrected chi connectivity index (χ3v) is 6.41. The maximum atomic E-state index is 14.1. The molecule has 5 rings (SSSR count). The number of carbonyl (C=O) groups excluding carboxylic acids is 1. The Balaban J connectivity index is 1.41. The fourth-order valence-electron chi connectivity index (χ4n) is 4.72. The van der Waals surface area contributed by atoms with Crippen molar-refractivity contribution >= 4 is 17.5 Å². The van der Waals surface area contributed by atoms with Crippen LogP contribution in [-0.2, 0) is 4.74 Å². The van der Waals surface area contributed by atoms with Gasteiger partial charge in [-0.05, 0) is 17.7 Å². The van der Waals surface area contributed by atoms with Crippen molar-refractivity contribution in [3.05, 3.63) is 90.4 Å². The third-order valence-electron chi connectivity index (χ3n) is 6.41. The number of pyridine rings is 1. The average Bonchev–Trinajstić information content (AvgIpc) is 3.44. The molecule has 180 valence electrons. The predicted octanol–water partition coefficient (Wildman–Crippen LogP) is 4.38. The van der Waals surface area contributed by atoms with Crippen LogP contribution in [0.2, 0.25) is 0 Å². The van der Waals surface area contributed by atoms with Crippen LogP contribution in [0.5, 0.6) is 0 Å². The zero-order chi connectivity index (χ0) is 24.2. The fourth-order valence-corrected chi connectivity index (χ4v) is 4.72. The number of imidazole rings is 1. The molecule has 2 amide bonds. The van der Waals surface area contributed by atoms with E-state index in [4.69, 9.17) is 4.74 Å². The van der Waals surface area contributed by atoms with Gasteiger partial charge in [-0.2, -0.15) is 0 Å². The molecule has 1 aliphatic rings. The fraction of sp³-hybridized carbons (Fsp3) is 0.259. The van der Waals surface area contributed by atoms with Crippen molar-refractivity contribution in [3.63, 3.8) is 0 Å². The second kappa shape index (κ2) is 10.2. The molecule has 2 unspecified atom stereocenters. The van der Waals surface area contributed by atoms with Gasteiger partial charge in [0.25, 0.3) is 0 Å². The Labute approximate surface area is 203 Å². The minimum atomic E-state index is -0.410. The molecule has 1 fully saturated rings. The summed E-state index contributed by atoms with van der Waals surface area (Å²) in [7, 11) is 1.69. The number of ether oxygens (including phenoxy) is 1. The number of halogens is 1. The van der Waals surface area contributed by atoms with E-state index < -0.39 is 5.82 Å². The van der Waals surface area contributed by atoms with E-state index in [0.717, 1.165) is 18.7 Å². The summed E-state index contributed by atoms with van der Waals surface area (Å²) in [5.74, 6) is 0.160. The number of hydrogen-bond donors (Lipinski definition) is 2. The van der Waals surface area contributed by atoms with E-state index in [0.29, 0.717) is 30.3 Å². The Hall–Kier alpha value is -3.75. The lowest BCUT2D eigenvalue weighted by Crippen LogP contribution is -2.42. The molecule has 2 aromatic heterocycles. The topological polar surface area (TPSA) is 70.9 Å². The molecule has 0 aliphatic carbocycles. The van der Waals surface area contributed by atoms with Crippen LogP contribution in [0.15, 0.2) is 79.0 Å². The number of amides is 2. The van der Waals surface area contributed by atoms with Gasteiger partial charge in [0.05, 0.1) is 12.6 Å². The molecule has 7 nitrogen and oxygen atoms in total. The minimum Gasteiger partial charge on any atom is -0.383 e. The molecule has 2 atom stereocenters. The molecule has 0 bridgehead atoms. The van der Waals surface area contributed by atoms with E-state index in [2.05, 4.69) is 32.7 Å². The molecule has 0 radical (unpaired) electrons. The minimum absolute atomic E-state index is 0.0923. The number of aromatic nitrogens is 2. The molecule has 1 aliphatic heterocycles. The largest absolute Gasteiger partial charge is 0.383 e. The number of fused-ring (bicyclic) bond motifs is 1. The first-order valence-corrected chi connectivity index (χ1v) is 11.7. The molecule has 3 heterocycles. The third kappa shape index (κ3) is 5.03. The Morgan fingerprint density at radius 2 is 1.80 bits per heavy atom. The second-order valence-corrected chi connectivity index (χ2v) is 8.73. The number of carbonyl (C=O) groups is 1. The summed E-state index contributed by atoms with van der Waals surface area (Å²) >= 11 is 0. The Kier molecular flexibility index (Phi) is 6.74. The second-order valence-electron chi connectivity index (χ2n) is 8.73. The summed E-state index contributed by atoms with van der Waals surface area (Å²) < 4.78 is 20.9. The summed E-state index contributed by atoms with van der Waals surface area (Å²) in [4.78, 5) is 20.2. The van der Waals surface area contributed by atoms with Crippen LogP contribution in [0.3, 0.4) is 0 Å². The first kappa shape index (κ1) is 23.0. The number of likely N-dealkylation sites (tertiary alicyclic amines) is 1. The highest BCUT2D eigenvalue weighted by molar-refractivity contribution is 5.93. The number of nitrogens with zero attached hydrogens (tertiary/aromatic N) is 3. The molecule has 0 saturated carbocycles. The Morgan fingerprint density at radius 3 is 2.54 bits per heavy atom. The SMILES string of the molecule is COCCN1CC(NC(=O)Nc2c(-c3ccccc3)nc3ccc(F)cn23)C(c2ccccc2)C1. The summed E-state index contributed by atoms with van der Waals surface area (Å²) in [6.07, 6.45) is 1.33. The van der Waals surface area contributed by atoms with E-state index in [1.165, 1.54) is 17.8 Å². The Bertz CT molecular complexity index is 1300. The van der Waals surface area contributed by atoms with Crippen molar-refractivity contribution in [1.29, 1.82) is 0 Å². The number of anilines is 1. The molecule has 8 heteroatoms. The van der Waals surface area contributed by atoms with Gasteiger partial charge in [-0.25, -0.2) is 14.2 Å². The van der Waals surface area contributed by atoms with Crippen molar-refractivity contribution in [2.75, 3.05) is 38.7 Å². The maximum Gasteiger partial charge on any atom is 0.320 e. The van der Waals surface area contributed by atoms with Crippen molar-refractivity contribution in [1.82, 2.24) is 19.6 Å². The van der Waals surface area contributed by atoms with Gasteiger partial charge in [-0.1, -0.05) is 60.7 Å². The van der Waals surface area contributed by atoms with Crippen LogP contribution in [0.1, 0.15) is 11.5 Å². The number of benzene rings is 2. The summed E-state index contributed by atoms with van der Waals surface area (Å²) in [6, 6.07) is 22.3. The van der Waals surface area contributed by atoms with Gasteiger partial charge in [0.15, 0.2) is 0 Å². The van der Waals surface area contributed by atoms with Gasteiger partial charge in [0.1, 0.15) is 23.0 Å². The Morgan fingerprint density at radius 1 is 1.06 bits per heavy atom. The van der Waals surface area contributed by atoms with E-state index >= 15 is 0 Å². The first-order chi connectivity index (χ1) is 17.1. The molecular weight excluding hydrogens is 445 g/mol. The first-order valence-electron chi connectivity index (χ1n) is 11.7. The van der Waals surface area contributed by atoms with E-state index in [9.17, 15) is 9.18 Å². The van der Waals surface area contributed by atoms with Crippen LogP contribution < -0.4 is 10.6 Å². The zero-order valence-electron chi connectivity index (χ0n) is 19.5. The number of rotatable bonds is 7. The van der Waals surface area contributed by atoms with E-state index in [1.807, 2.05) is 48.5 Å². The summed E-state index contributed by atoms with van der Waals surface area (Å²) in [5.41, 5.74) is 3.15. The monoisotopic (exact) mass is 473 g/mol. The standard InChI is InChI=1S/C27H28FN5O2/c1-35-15-14-32-17-22(19-8-4-2-5-9-19)23(18-32)29-27(34)31-26-25(20-10-6-3-7-11-20)30-24-13-12-21(28)16-33(24)26/h2-13,16,22-23H,14-15,17-18H2,1H3,(H2,29,31,34). The van der Waals surface area contributed by atoms with Crippen LogP contribution in [-0.4, -0.2) is 59.7 Å². The van der Waals surface area contributed by atoms with Crippen LogP contribution in [0.4, 0.5) is 15.0 Å². The lowest BCUT2D eigenvalue weighted by molar-refractivity contribution is 0.159. The molecule has 35 heavy (non-hydrogen) atoms. The quantitative estimate of drug-likeness (QED) is 0.418. The average molecular weight is 474 g/mol. The number of methoxy groups -OCH3 is 1. The van der Waals surface area contributed by atoms with E-state index in [1.54, 1.807) is 17.6 Å². The van der Waals surface area contributed by atoms with Gasteiger partial charge in [0.2, 0.25) is 0 Å². The van der Waals surface area contributed by atoms with Crippen molar-refractivity contribution in [2.24, 2.45) is 0 Å². The molecular formula is C27H28FN5O2. The number of nitrogens with one attached hydrogen (secondary N) is 2. The predicted molar refractivity (Wildman–Crippen MR) is 134 cm³/mol. The van der Waals surface area contributed by atoms with Gasteiger partial charge < -0.3 is 10.1 Å². The van der Waals surface area contributed by atoms with Crippen molar-refractivity contribution in [2.45, 2.75) is 12.0 Å². The molecule has 2 N–H and O–H groups in total. The summed E-state index contributed by atoms with van der Waals surface area (Å²) in [5, 5.41) is 6.12. The maximum absolute atomic E-state index is 14.1. The highest BCUT2D eigenvalue weighted by atomic mass is 19.1. The normalized spacial score (nSPS) is 18.1. The highest BCUT2D eigenvalue weighted by Gasteiger charge is 2.34. The molecule has 2 aromatic carbocycles.